The zero-order chi connectivity index (χ0) is 17.5. The molecule has 3 rings (SSSR count). The lowest BCUT2D eigenvalue weighted by atomic mass is 10.1. The molecule has 1 saturated carbocycles. The second-order valence-corrected chi connectivity index (χ2v) is 7.75. The molecule has 0 bridgehead atoms. The molecule has 0 spiro atoms. The maximum atomic E-state index is 13.2. The second-order valence-electron chi connectivity index (χ2n) is 5.65. The molecule has 0 aromatic heterocycles. The minimum absolute atomic E-state index is 0.0857. The monoisotopic (exact) mass is 354 g/mol. The average molecular weight is 354 g/mol. The van der Waals surface area contributed by atoms with Crippen molar-refractivity contribution in [3.05, 3.63) is 66.2 Å². The third-order valence-electron chi connectivity index (χ3n) is 4.12. The Balaban J connectivity index is 1.99. The van der Waals surface area contributed by atoms with Crippen molar-refractivity contribution in [2.24, 2.45) is 11.8 Å². The van der Waals surface area contributed by atoms with Gasteiger partial charge in [0.1, 0.15) is 0 Å². The van der Waals surface area contributed by atoms with Gasteiger partial charge in [-0.05, 0) is 12.1 Å². The first-order valence-corrected chi connectivity index (χ1v) is 8.74. The molecular weight excluding hydrogens is 341 g/mol. The standard InChI is InChI=1S/C17H13F3O3S/c18-17(19,20)14-13(15(21)11-7-3-1-4-8-11)16(14)24(22,23)12-9-5-2-6-10-12/h1-10,13-14,16H/t13-,14+,16+/m1/s1. The minimum Gasteiger partial charge on any atom is -0.294 e. The van der Waals surface area contributed by atoms with E-state index in [1.54, 1.807) is 12.1 Å². The largest absolute Gasteiger partial charge is 0.393 e. The highest BCUT2D eigenvalue weighted by Gasteiger charge is 2.72. The Labute approximate surface area is 137 Å². The van der Waals surface area contributed by atoms with Crippen LogP contribution in [0, 0.1) is 11.8 Å². The van der Waals surface area contributed by atoms with Crippen LogP contribution < -0.4 is 0 Å². The molecular formula is C17H13F3O3S. The molecule has 0 saturated heterocycles. The zero-order valence-electron chi connectivity index (χ0n) is 12.3. The van der Waals surface area contributed by atoms with Crippen LogP contribution in [0.15, 0.2) is 65.6 Å². The maximum Gasteiger partial charge on any atom is 0.393 e. The number of benzene rings is 2. The number of alkyl halides is 3. The van der Waals surface area contributed by atoms with E-state index in [1.807, 2.05) is 0 Å². The molecule has 0 amide bonds. The van der Waals surface area contributed by atoms with Gasteiger partial charge in [-0.3, -0.25) is 4.79 Å². The lowest BCUT2D eigenvalue weighted by Crippen LogP contribution is -2.18. The van der Waals surface area contributed by atoms with E-state index in [0.29, 0.717) is 0 Å². The number of Topliss-reactive ketones (excluding diaryl/α,β-unsaturated/α-hetero) is 1. The molecule has 24 heavy (non-hydrogen) atoms. The molecule has 1 aliphatic carbocycles. The van der Waals surface area contributed by atoms with Gasteiger partial charge in [-0.1, -0.05) is 48.5 Å². The molecule has 0 radical (unpaired) electrons. The summed E-state index contributed by atoms with van der Waals surface area (Å²) in [5.74, 6) is -4.56. The van der Waals surface area contributed by atoms with Gasteiger partial charge in [-0.2, -0.15) is 13.2 Å². The fraction of sp³-hybridized carbons (Fsp3) is 0.235. The molecule has 0 heterocycles. The summed E-state index contributed by atoms with van der Waals surface area (Å²) in [7, 11) is -4.24. The number of ketones is 1. The van der Waals surface area contributed by atoms with Crippen LogP contribution in [0.2, 0.25) is 0 Å². The van der Waals surface area contributed by atoms with Gasteiger partial charge in [-0.15, -0.1) is 0 Å². The van der Waals surface area contributed by atoms with Crippen molar-refractivity contribution in [1.29, 1.82) is 0 Å². The van der Waals surface area contributed by atoms with Crippen molar-refractivity contribution in [1.82, 2.24) is 0 Å². The fourth-order valence-electron chi connectivity index (χ4n) is 2.93. The highest BCUT2D eigenvalue weighted by Crippen LogP contribution is 2.56. The maximum absolute atomic E-state index is 13.2. The molecule has 1 fully saturated rings. The van der Waals surface area contributed by atoms with Gasteiger partial charge in [0, 0.05) is 5.56 Å². The number of halogens is 3. The predicted octanol–water partition coefficient (Wildman–Crippen LogP) is 3.52. The Morgan fingerprint density at radius 2 is 1.38 bits per heavy atom. The van der Waals surface area contributed by atoms with Gasteiger partial charge in [0.25, 0.3) is 0 Å². The number of hydrogen-bond acceptors (Lipinski definition) is 3. The number of carbonyl (C=O) groups excluding carboxylic acids is 1. The van der Waals surface area contributed by atoms with Crippen LogP contribution in [-0.2, 0) is 9.84 Å². The number of sulfone groups is 1. The van der Waals surface area contributed by atoms with Gasteiger partial charge in [0.05, 0.1) is 22.0 Å². The molecule has 126 valence electrons. The number of rotatable bonds is 4. The molecule has 2 aromatic carbocycles. The Morgan fingerprint density at radius 3 is 1.88 bits per heavy atom. The van der Waals surface area contributed by atoms with E-state index in [0.717, 1.165) is 0 Å². The second kappa shape index (κ2) is 5.73. The third-order valence-corrected chi connectivity index (χ3v) is 6.36. The van der Waals surface area contributed by atoms with E-state index in [-0.39, 0.29) is 10.5 Å². The molecule has 1 aliphatic rings. The number of hydrogen-bond donors (Lipinski definition) is 0. The summed E-state index contributed by atoms with van der Waals surface area (Å²) in [6, 6.07) is 14.4. The van der Waals surface area contributed by atoms with Crippen LogP contribution >= 0.6 is 0 Å². The first-order chi connectivity index (χ1) is 11.2. The van der Waals surface area contributed by atoms with Gasteiger partial charge in [0.2, 0.25) is 0 Å². The number of carbonyl (C=O) groups is 1. The summed E-state index contributed by atoms with van der Waals surface area (Å²) in [5, 5.41) is -1.77. The normalized spacial score (nSPS) is 23.7. The van der Waals surface area contributed by atoms with Crippen LogP contribution in [0.3, 0.4) is 0 Å². The Kier molecular flexibility index (Phi) is 3.99. The van der Waals surface area contributed by atoms with Crippen LogP contribution in [0.25, 0.3) is 0 Å². The van der Waals surface area contributed by atoms with Crippen molar-refractivity contribution < 1.29 is 26.4 Å². The molecule has 0 N–H and O–H groups in total. The lowest BCUT2D eigenvalue weighted by molar-refractivity contribution is -0.149. The molecule has 3 nitrogen and oxygen atoms in total. The Bertz CT molecular complexity index is 846. The smallest absolute Gasteiger partial charge is 0.294 e. The Morgan fingerprint density at radius 1 is 0.875 bits per heavy atom. The SMILES string of the molecule is O=C(c1ccccc1)[C@H]1[C@H](C(F)(F)F)[C@H]1S(=O)(=O)c1ccccc1. The summed E-state index contributed by atoms with van der Waals surface area (Å²) < 4.78 is 64.8. The van der Waals surface area contributed by atoms with E-state index in [9.17, 15) is 26.4 Å². The van der Waals surface area contributed by atoms with Crippen LogP contribution in [0.1, 0.15) is 10.4 Å². The van der Waals surface area contributed by atoms with Crippen molar-refractivity contribution >= 4 is 15.6 Å². The van der Waals surface area contributed by atoms with E-state index in [2.05, 4.69) is 0 Å². The zero-order valence-corrected chi connectivity index (χ0v) is 13.1. The predicted molar refractivity (Wildman–Crippen MR) is 81.2 cm³/mol. The van der Waals surface area contributed by atoms with E-state index >= 15 is 0 Å². The van der Waals surface area contributed by atoms with Crippen molar-refractivity contribution in [3.63, 3.8) is 0 Å². The van der Waals surface area contributed by atoms with Gasteiger partial charge in [-0.25, -0.2) is 8.42 Å². The van der Waals surface area contributed by atoms with Gasteiger partial charge >= 0.3 is 6.18 Å². The minimum atomic E-state index is -4.75. The molecule has 3 atom stereocenters. The molecule has 2 aromatic rings. The average Bonchev–Trinajstić information content (AvgIpc) is 3.33. The summed E-state index contributed by atoms with van der Waals surface area (Å²) in [5.41, 5.74) is 0.0857. The van der Waals surface area contributed by atoms with Crippen LogP contribution in [-0.4, -0.2) is 25.6 Å². The molecule has 7 heteroatoms. The lowest BCUT2D eigenvalue weighted by Gasteiger charge is -2.06. The fourth-order valence-corrected chi connectivity index (χ4v) is 5.08. The summed E-state index contributed by atoms with van der Waals surface area (Å²) in [6.45, 7) is 0. The van der Waals surface area contributed by atoms with Crippen LogP contribution in [0.4, 0.5) is 13.2 Å². The van der Waals surface area contributed by atoms with Crippen molar-refractivity contribution in [2.75, 3.05) is 0 Å². The summed E-state index contributed by atoms with van der Waals surface area (Å²) in [6.07, 6.45) is -4.75. The van der Waals surface area contributed by atoms with Crippen LogP contribution in [0.5, 0.6) is 0 Å². The highest BCUT2D eigenvalue weighted by molar-refractivity contribution is 7.92. The summed E-state index contributed by atoms with van der Waals surface area (Å²) >= 11 is 0. The van der Waals surface area contributed by atoms with Crippen molar-refractivity contribution in [3.8, 4) is 0 Å². The third kappa shape index (κ3) is 2.84. The highest BCUT2D eigenvalue weighted by atomic mass is 32.2. The first kappa shape index (κ1) is 16.7. The molecule has 0 unspecified atom stereocenters. The quantitative estimate of drug-likeness (QED) is 0.790. The van der Waals surface area contributed by atoms with E-state index in [4.69, 9.17) is 0 Å². The summed E-state index contributed by atoms with van der Waals surface area (Å²) in [4.78, 5) is 12.2. The van der Waals surface area contributed by atoms with E-state index < -0.39 is 38.9 Å². The van der Waals surface area contributed by atoms with Crippen molar-refractivity contribution in [2.45, 2.75) is 16.3 Å². The van der Waals surface area contributed by atoms with Gasteiger partial charge < -0.3 is 0 Å². The Hall–Kier alpha value is -2.15. The first-order valence-electron chi connectivity index (χ1n) is 7.19. The topological polar surface area (TPSA) is 51.2 Å². The van der Waals surface area contributed by atoms with Gasteiger partial charge in [0.15, 0.2) is 15.6 Å². The van der Waals surface area contributed by atoms with E-state index in [1.165, 1.54) is 48.5 Å². The molecule has 0 aliphatic heterocycles.